The molecule has 6 heteroatoms. The van der Waals surface area contributed by atoms with Crippen LogP contribution in [-0.2, 0) is 0 Å². The third kappa shape index (κ3) is 4.02. The molecule has 0 spiro atoms. The maximum atomic E-state index is 6.11. The predicted octanol–water partition coefficient (Wildman–Crippen LogP) is 1.70. The molecule has 0 amide bonds. The maximum Gasteiger partial charge on any atom is 0.318 e. The Kier molecular flexibility index (Phi) is 6.00. The van der Waals surface area contributed by atoms with Gasteiger partial charge in [-0.2, -0.15) is 4.98 Å². The van der Waals surface area contributed by atoms with E-state index in [2.05, 4.69) is 21.8 Å². The van der Waals surface area contributed by atoms with E-state index in [9.17, 15) is 0 Å². The Hall–Kier alpha value is -1.07. The van der Waals surface area contributed by atoms with Crippen LogP contribution in [0, 0.1) is 0 Å². The summed E-state index contributed by atoms with van der Waals surface area (Å²) >= 11 is 6.11. The molecule has 17 heavy (non-hydrogen) atoms. The molecule has 1 aromatic heterocycles. The first-order chi connectivity index (χ1) is 8.22. The Balaban J connectivity index is 2.90. The standard InChI is InChI=1S/C11H19ClN4O/c1-3-6-16(7-4-5-13)10-9(12)8-14-11(15-10)17-2/h8H,3-7,13H2,1-2H3. The third-order valence-electron chi connectivity index (χ3n) is 2.31. The van der Waals surface area contributed by atoms with Gasteiger partial charge < -0.3 is 15.4 Å². The van der Waals surface area contributed by atoms with E-state index in [0.717, 1.165) is 25.9 Å². The van der Waals surface area contributed by atoms with Crippen LogP contribution in [0.2, 0.25) is 5.02 Å². The lowest BCUT2D eigenvalue weighted by atomic mass is 10.3. The van der Waals surface area contributed by atoms with Crippen LogP contribution in [0.3, 0.4) is 0 Å². The van der Waals surface area contributed by atoms with Crippen LogP contribution < -0.4 is 15.4 Å². The molecule has 0 fully saturated rings. The summed E-state index contributed by atoms with van der Waals surface area (Å²) in [5, 5.41) is 0.538. The molecule has 0 saturated heterocycles. The smallest absolute Gasteiger partial charge is 0.318 e. The van der Waals surface area contributed by atoms with Gasteiger partial charge in [-0.25, -0.2) is 4.98 Å². The van der Waals surface area contributed by atoms with Gasteiger partial charge in [-0.15, -0.1) is 0 Å². The van der Waals surface area contributed by atoms with Crippen molar-refractivity contribution in [3.63, 3.8) is 0 Å². The minimum atomic E-state index is 0.332. The molecule has 0 saturated carbocycles. The number of methoxy groups -OCH3 is 1. The van der Waals surface area contributed by atoms with E-state index in [0.29, 0.717) is 23.4 Å². The highest BCUT2D eigenvalue weighted by Gasteiger charge is 2.13. The van der Waals surface area contributed by atoms with Crippen molar-refractivity contribution in [1.29, 1.82) is 0 Å². The van der Waals surface area contributed by atoms with Gasteiger partial charge >= 0.3 is 6.01 Å². The molecule has 0 aliphatic rings. The van der Waals surface area contributed by atoms with Crippen molar-refractivity contribution in [1.82, 2.24) is 9.97 Å². The van der Waals surface area contributed by atoms with Crippen molar-refractivity contribution >= 4 is 17.4 Å². The van der Waals surface area contributed by atoms with Crippen LogP contribution in [-0.4, -0.2) is 36.7 Å². The maximum absolute atomic E-state index is 6.11. The van der Waals surface area contributed by atoms with E-state index < -0.39 is 0 Å². The molecule has 0 aliphatic carbocycles. The average molecular weight is 259 g/mol. The van der Waals surface area contributed by atoms with Crippen LogP contribution in [0.25, 0.3) is 0 Å². The first-order valence-corrected chi connectivity index (χ1v) is 6.12. The number of rotatable bonds is 7. The largest absolute Gasteiger partial charge is 0.467 e. The minimum Gasteiger partial charge on any atom is -0.467 e. The molecule has 5 nitrogen and oxygen atoms in total. The van der Waals surface area contributed by atoms with Gasteiger partial charge in [0.05, 0.1) is 13.3 Å². The quantitative estimate of drug-likeness (QED) is 0.807. The van der Waals surface area contributed by atoms with Crippen molar-refractivity contribution in [3.8, 4) is 6.01 Å². The van der Waals surface area contributed by atoms with Crippen molar-refractivity contribution in [3.05, 3.63) is 11.2 Å². The van der Waals surface area contributed by atoms with E-state index >= 15 is 0 Å². The zero-order valence-corrected chi connectivity index (χ0v) is 11.1. The molecule has 0 aliphatic heterocycles. The van der Waals surface area contributed by atoms with Crippen molar-refractivity contribution in [2.75, 3.05) is 31.6 Å². The normalized spacial score (nSPS) is 10.4. The van der Waals surface area contributed by atoms with Gasteiger partial charge in [0.25, 0.3) is 0 Å². The van der Waals surface area contributed by atoms with Crippen LogP contribution in [0.15, 0.2) is 6.20 Å². The molecular weight excluding hydrogens is 240 g/mol. The van der Waals surface area contributed by atoms with E-state index in [-0.39, 0.29) is 0 Å². The monoisotopic (exact) mass is 258 g/mol. The van der Waals surface area contributed by atoms with Gasteiger partial charge in [0.15, 0.2) is 5.82 Å². The molecule has 1 heterocycles. The first-order valence-electron chi connectivity index (χ1n) is 5.74. The lowest BCUT2D eigenvalue weighted by Gasteiger charge is -2.23. The van der Waals surface area contributed by atoms with E-state index in [1.54, 1.807) is 6.20 Å². The molecule has 0 bridgehead atoms. The summed E-state index contributed by atoms with van der Waals surface area (Å²) in [7, 11) is 1.54. The molecule has 2 N–H and O–H groups in total. The fourth-order valence-corrected chi connectivity index (χ4v) is 1.75. The van der Waals surface area contributed by atoms with Crippen LogP contribution in [0.1, 0.15) is 19.8 Å². The van der Waals surface area contributed by atoms with E-state index in [1.807, 2.05) is 0 Å². The zero-order valence-electron chi connectivity index (χ0n) is 10.3. The second-order valence-corrected chi connectivity index (χ2v) is 4.06. The van der Waals surface area contributed by atoms with E-state index in [4.69, 9.17) is 22.1 Å². The van der Waals surface area contributed by atoms with Crippen molar-refractivity contribution < 1.29 is 4.74 Å². The second kappa shape index (κ2) is 7.29. The third-order valence-corrected chi connectivity index (χ3v) is 2.58. The summed E-state index contributed by atoms with van der Waals surface area (Å²) in [4.78, 5) is 10.4. The Morgan fingerprint density at radius 1 is 1.47 bits per heavy atom. The van der Waals surface area contributed by atoms with Gasteiger partial charge in [0.2, 0.25) is 0 Å². The Morgan fingerprint density at radius 2 is 2.24 bits per heavy atom. The van der Waals surface area contributed by atoms with Crippen LogP contribution in [0.4, 0.5) is 5.82 Å². The number of halogens is 1. The molecular formula is C11H19ClN4O. The summed E-state index contributed by atoms with van der Waals surface area (Å²) in [5.74, 6) is 0.716. The highest BCUT2D eigenvalue weighted by molar-refractivity contribution is 6.32. The topological polar surface area (TPSA) is 64.3 Å². The summed E-state index contributed by atoms with van der Waals surface area (Å²) in [6.45, 7) is 4.49. The van der Waals surface area contributed by atoms with Crippen LogP contribution in [0.5, 0.6) is 6.01 Å². The first kappa shape index (κ1) is 14.0. The van der Waals surface area contributed by atoms with Gasteiger partial charge in [-0.3, -0.25) is 0 Å². The number of hydrogen-bond acceptors (Lipinski definition) is 5. The lowest BCUT2D eigenvalue weighted by molar-refractivity contribution is 0.379. The van der Waals surface area contributed by atoms with Gasteiger partial charge in [-0.1, -0.05) is 18.5 Å². The average Bonchev–Trinajstić information content (AvgIpc) is 2.35. The summed E-state index contributed by atoms with van der Waals surface area (Å²) < 4.78 is 5.01. The number of nitrogens with two attached hydrogens (primary N) is 1. The number of nitrogens with zero attached hydrogens (tertiary/aromatic N) is 3. The van der Waals surface area contributed by atoms with Gasteiger partial charge in [0.1, 0.15) is 5.02 Å². The van der Waals surface area contributed by atoms with E-state index in [1.165, 1.54) is 7.11 Å². The number of anilines is 1. The molecule has 1 rings (SSSR count). The fraction of sp³-hybridized carbons (Fsp3) is 0.636. The minimum absolute atomic E-state index is 0.332. The van der Waals surface area contributed by atoms with Gasteiger partial charge in [0, 0.05) is 13.1 Å². The van der Waals surface area contributed by atoms with Gasteiger partial charge in [-0.05, 0) is 19.4 Å². The molecule has 0 atom stereocenters. The molecule has 0 unspecified atom stereocenters. The molecule has 1 aromatic rings. The highest BCUT2D eigenvalue weighted by Crippen LogP contribution is 2.24. The summed E-state index contributed by atoms with van der Waals surface area (Å²) in [5.41, 5.74) is 5.53. The second-order valence-electron chi connectivity index (χ2n) is 3.66. The van der Waals surface area contributed by atoms with Crippen molar-refractivity contribution in [2.24, 2.45) is 5.73 Å². The highest BCUT2D eigenvalue weighted by atomic mass is 35.5. The zero-order chi connectivity index (χ0) is 12.7. The molecule has 0 radical (unpaired) electrons. The SMILES string of the molecule is CCCN(CCCN)c1nc(OC)ncc1Cl. The molecule has 96 valence electrons. The van der Waals surface area contributed by atoms with Crippen LogP contribution >= 0.6 is 11.6 Å². The number of aromatic nitrogens is 2. The molecule has 0 aromatic carbocycles. The lowest BCUT2D eigenvalue weighted by Crippen LogP contribution is -2.28. The van der Waals surface area contributed by atoms with Crippen molar-refractivity contribution in [2.45, 2.75) is 19.8 Å². The number of ether oxygens (including phenoxy) is 1. The fourth-order valence-electron chi connectivity index (χ4n) is 1.54. The predicted molar refractivity (Wildman–Crippen MR) is 69.8 cm³/mol. The summed E-state index contributed by atoms with van der Waals surface area (Å²) in [6, 6.07) is 0.332. The summed E-state index contributed by atoms with van der Waals surface area (Å²) in [6.07, 6.45) is 3.49. The number of hydrogen-bond donors (Lipinski definition) is 1. The Morgan fingerprint density at radius 3 is 2.82 bits per heavy atom. The Labute approximate surface area is 107 Å². The Bertz CT molecular complexity index is 348.